The van der Waals surface area contributed by atoms with Gasteiger partial charge in [0.1, 0.15) is 5.75 Å². The average molecular weight is 509 g/mol. The van der Waals surface area contributed by atoms with Gasteiger partial charge in [0, 0.05) is 15.0 Å². The zero-order valence-electron chi connectivity index (χ0n) is 19.2. The standard InChI is InChI=1S/C25H23F3O4S2/c1-13-10-15(11-14(2)21(13)32-24(3,4)23(30)31)6-9-18(29)22-20(25(26,27)28)17-8-7-16(33-5)12-19(17)34-22/h6-12H,1-5H3,(H,30,31)/b9-6+. The van der Waals surface area contributed by atoms with Gasteiger partial charge in [-0.25, -0.2) is 4.79 Å². The van der Waals surface area contributed by atoms with Gasteiger partial charge < -0.3 is 9.84 Å². The number of carbonyl (C=O) groups is 2. The highest BCUT2D eigenvalue weighted by Crippen LogP contribution is 2.43. The van der Waals surface area contributed by atoms with Crippen LogP contribution in [0.4, 0.5) is 13.2 Å². The molecule has 0 amide bonds. The van der Waals surface area contributed by atoms with Crippen molar-refractivity contribution in [1.82, 2.24) is 0 Å². The molecule has 180 valence electrons. The molecule has 1 heterocycles. The molecule has 0 atom stereocenters. The second-order valence-corrected chi connectivity index (χ2v) is 10.2. The molecular formula is C25H23F3O4S2. The van der Waals surface area contributed by atoms with E-state index in [0.717, 1.165) is 22.3 Å². The summed E-state index contributed by atoms with van der Waals surface area (Å²) in [5.41, 5.74) is -0.480. The maximum Gasteiger partial charge on any atom is 0.418 e. The van der Waals surface area contributed by atoms with E-state index in [1.54, 1.807) is 38.1 Å². The molecule has 0 unspecified atom stereocenters. The molecule has 3 aromatic rings. The van der Waals surface area contributed by atoms with Crippen LogP contribution in [-0.4, -0.2) is 28.7 Å². The molecule has 0 aliphatic carbocycles. The van der Waals surface area contributed by atoms with E-state index in [1.165, 1.54) is 37.8 Å². The highest BCUT2D eigenvalue weighted by molar-refractivity contribution is 7.98. The molecular weight excluding hydrogens is 485 g/mol. The van der Waals surface area contributed by atoms with Gasteiger partial charge in [0.15, 0.2) is 11.4 Å². The first-order valence-corrected chi connectivity index (χ1v) is 12.2. The van der Waals surface area contributed by atoms with Crippen molar-refractivity contribution in [1.29, 1.82) is 0 Å². The van der Waals surface area contributed by atoms with Gasteiger partial charge in [-0.05, 0) is 81.0 Å². The van der Waals surface area contributed by atoms with Crippen molar-refractivity contribution >= 4 is 51.0 Å². The number of aliphatic carboxylic acids is 1. The SMILES string of the molecule is CSc1ccc2c(C(F)(F)F)c(C(=O)/C=C/c3cc(C)c(OC(C)(C)C(=O)O)c(C)c3)sc2c1. The number of allylic oxidation sites excluding steroid dienone is 1. The number of carbonyl (C=O) groups excluding carboxylic acids is 1. The first kappa shape index (κ1) is 25.8. The fourth-order valence-electron chi connectivity index (χ4n) is 3.45. The van der Waals surface area contributed by atoms with Gasteiger partial charge >= 0.3 is 12.1 Å². The highest BCUT2D eigenvalue weighted by Gasteiger charge is 2.38. The van der Waals surface area contributed by atoms with Crippen LogP contribution in [0.1, 0.15) is 45.8 Å². The number of ether oxygens (including phenoxy) is 1. The van der Waals surface area contributed by atoms with Crippen LogP contribution >= 0.6 is 23.1 Å². The van der Waals surface area contributed by atoms with Crippen molar-refractivity contribution in [3.63, 3.8) is 0 Å². The van der Waals surface area contributed by atoms with Gasteiger partial charge in [-0.15, -0.1) is 23.1 Å². The lowest BCUT2D eigenvalue weighted by Crippen LogP contribution is -2.38. The fraction of sp³-hybridized carbons (Fsp3) is 0.280. The van der Waals surface area contributed by atoms with Crippen LogP contribution in [0, 0.1) is 13.8 Å². The van der Waals surface area contributed by atoms with E-state index in [1.807, 2.05) is 6.26 Å². The zero-order chi connectivity index (χ0) is 25.4. The Labute approximate surface area is 203 Å². The predicted octanol–water partition coefficient (Wildman–Crippen LogP) is 7.40. The summed E-state index contributed by atoms with van der Waals surface area (Å²) in [6.45, 7) is 6.34. The molecule has 0 aliphatic heterocycles. The number of rotatable bonds is 7. The van der Waals surface area contributed by atoms with Crippen LogP contribution in [0.15, 0.2) is 41.3 Å². The number of thiophene rings is 1. The van der Waals surface area contributed by atoms with Crippen LogP contribution in [0.25, 0.3) is 16.2 Å². The van der Waals surface area contributed by atoms with E-state index in [-0.39, 0.29) is 10.3 Å². The Bertz CT molecular complexity index is 1280. The highest BCUT2D eigenvalue weighted by atomic mass is 32.2. The van der Waals surface area contributed by atoms with E-state index in [2.05, 4.69) is 0 Å². The number of thioether (sulfide) groups is 1. The maximum atomic E-state index is 13.8. The molecule has 0 radical (unpaired) electrons. The number of carboxylic acids is 1. The third-order valence-corrected chi connectivity index (χ3v) is 7.08. The van der Waals surface area contributed by atoms with Crippen molar-refractivity contribution in [2.75, 3.05) is 6.26 Å². The summed E-state index contributed by atoms with van der Waals surface area (Å²) in [7, 11) is 0. The molecule has 2 aromatic carbocycles. The number of carboxylic acid groups (broad SMARTS) is 1. The first-order chi connectivity index (χ1) is 15.7. The smallest absolute Gasteiger partial charge is 0.418 e. The van der Waals surface area contributed by atoms with E-state index in [4.69, 9.17) is 4.74 Å². The van der Waals surface area contributed by atoms with Gasteiger partial charge in [-0.2, -0.15) is 13.2 Å². The number of ketones is 1. The van der Waals surface area contributed by atoms with Crippen molar-refractivity contribution in [2.24, 2.45) is 0 Å². The molecule has 0 spiro atoms. The molecule has 1 N–H and O–H groups in total. The summed E-state index contributed by atoms with van der Waals surface area (Å²) in [6.07, 6.45) is -0.254. The average Bonchev–Trinajstić information content (AvgIpc) is 3.13. The molecule has 0 saturated carbocycles. The second-order valence-electron chi connectivity index (χ2n) is 8.26. The van der Waals surface area contributed by atoms with Crippen LogP contribution in [0.2, 0.25) is 0 Å². The lowest BCUT2D eigenvalue weighted by atomic mass is 10.0. The first-order valence-electron chi connectivity index (χ1n) is 10.2. The maximum absolute atomic E-state index is 13.8. The molecule has 1 aromatic heterocycles. The van der Waals surface area contributed by atoms with E-state index >= 15 is 0 Å². The third-order valence-electron chi connectivity index (χ3n) is 5.19. The lowest BCUT2D eigenvalue weighted by Gasteiger charge is -2.24. The zero-order valence-corrected chi connectivity index (χ0v) is 20.8. The molecule has 0 fully saturated rings. The third kappa shape index (κ3) is 5.31. The van der Waals surface area contributed by atoms with Crippen LogP contribution in [0.5, 0.6) is 5.75 Å². The van der Waals surface area contributed by atoms with E-state index in [9.17, 15) is 27.9 Å². The normalized spacial score (nSPS) is 12.5. The molecule has 0 bridgehead atoms. The Hall–Kier alpha value is -2.78. The molecule has 34 heavy (non-hydrogen) atoms. The monoisotopic (exact) mass is 508 g/mol. The summed E-state index contributed by atoms with van der Waals surface area (Å²) in [4.78, 5) is 24.7. The van der Waals surface area contributed by atoms with Crippen molar-refractivity contribution in [3.05, 3.63) is 63.5 Å². The van der Waals surface area contributed by atoms with Gasteiger partial charge in [0.05, 0.1) is 10.4 Å². The minimum absolute atomic E-state index is 0.0151. The number of benzene rings is 2. The summed E-state index contributed by atoms with van der Waals surface area (Å²) < 4.78 is 47.6. The second kappa shape index (κ2) is 9.46. The largest absolute Gasteiger partial charge is 0.478 e. The lowest BCUT2D eigenvalue weighted by molar-refractivity contribution is -0.152. The Morgan fingerprint density at radius 3 is 2.24 bits per heavy atom. The molecule has 3 rings (SSSR count). The summed E-state index contributed by atoms with van der Waals surface area (Å²) in [5.74, 6) is -1.44. The number of hydrogen-bond donors (Lipinski definition) is 1. The van der Waals surface area contributed by atoms with Crippen molar-refractivity contribution in [3.8, 4) is 5.75 Å². The Morgan fingerprint density at radius 2 is 1.71 bits per heavy atom. The fourth-order valence-corrected chi connectivity index (χ4v) is 5.14. The number of fused-ring (bicyclic) bond motifs is 1. The van der Waals surface area contributed by atoms with Crippen LogP contribution in [-0.2, 0) is 11.0 Å². The molecule has 0 aliphatic rings. The number of hydrogen-bond acceptors (Lipinski definition) is 5. The summed E-state index contributed by atoms with van der Waals surface area (Å²) >= 11 is 2.25. The number of alkyl halides is 3. The van der Waals surface area contributed by atoms with Crippen molar-refractivity contribution in [2.45, 2.75) is 44.4 Å². The Kier molecular flexibility index (Phi) is 7.19. The molecule has 4 nitrogen and oxygen atoms in total. The van der Waals surface area contributed by atoms with Gasteiger partial charge in [-0.3, -0.25) is 4.79 Å². The molecule has 0 saturated heterocycles. The minimum atomic E-state index is -4.67. The Morgan fingerprint density at radius 1 is 1.09 bits per heavy atom. The quantitative estimate of drug-likeness (QED) is 0.205. The van der Waals surface area contributed by atoms with E-state index < -0.39 is 29.1 Å². The van der Waals surface area contributed by atoms with Gasteiger partial charge in [0.25, 0.3) is 0 Å². The number of aryl methyl sites for hydroxylation is 2. The Balaban J connectivity index is 1.96. The van der Waals surface area contributed by atoms with Crippen molar-refractivity contribution < 1.29 is 32.6 Å². The van der Waals surface area contributed by atoms with Crippen LogP contribution < -0.4 is 4.74 Å². The predicted molar refractivity (Wildman–Crippen MR) is 130 cm³/mol. The molecule has 9 heteroatoms. The van der Waals surface area contributed by atoms with E-state index in [0.29, 0.717) is 27.1 Å². The summed E-state index contributed by atoms with van der Waals surface area (Å²) in [6, 6.07) is 8.05. The van der Waals surface area contributed by atoms with Crippen LogP contribution in [0.3, 0.4) is 0 Å². The van der Waals surface area contributed by atoms with Gasteiger partial charge in [-0.1, -0.05) is 12.1 Å². The summed E-state index contributed by atoms with van der Waals surface area (Å²) in [5, 5.41) is 9.31. The minimum Gasteiger partial charge on any atom is -0.478 e. The number of halogens is 3. The van der Waals surface area contributed by atoms with Gasteiger partial charge in [0.2, 0.25) is 0 Å². The topological polar surface area (TPSA) is 63.6 Å².